The van der Waals surface area contributed by atoms with Gasteiger partial charge >= 0.3 is 0 Å². The number of aryl methyl sites for hydroxylation is 1. The number of anilines is 2. The average Bonchev–Trinajstić information content (AvgIpc) is 3.06. The maximum atomic E-state index is 9.93. The number of aliphatic hydroxyl groups is 1. The molecule has 0 radical (unpaired) electrons. The maximum Gasteiger partial charge on any atom is 0.0904 e. The fourth-order valence-corrected chi connectivity index (χ4v) is 4.61. The van der Waals surface area contributed by atoms with Crippen LogP contribution in [0.5, 0.6) is 0 Å². The summed E-state index contributed by atoms with van der Waals surface area (Å²) in [6.45, 7) is 2.89. The third-order valence-electron chi connectivity index (χ3n) is 6.23. The summed E-state index contributed by atoms with van der Waals surface area (Å²) in [7, 11) is 2.14. The monoisotopic (exact) mass is 374 g/mol. The van der Waals surface area contributed by atoms with Crippen molar-refractivity contribution >= 4 is 22.3 Å². The van der Waals surface area contributed by atoms with Crippen LogP contribution < -0.4 is 9.80 Å². The van der Waals surface area contributed by atoms with Crippen LogP contribution in [0.15, 0.2) is 42.7 Å². The Hall–Kier alpha value is -2.66. The van der Waals surface area contributed by atoms with Gasteiger partial charge in [-0.1, -0.05) is 12.1 Å². The Kier molecular flexibility index (Phi) is 4.20. The van der Waals surface area contributed by atoms with Gasteiger partial charge in [0.05, 0.1) is 35.9 Å². The molecule has 0 unspecified atom stereocenters. The molecule has 1 aliphatic heterocycles. The van der Waals surface area contributed by atoms with E-state index < -0.39 is 0 Å². The van der Waals surface area contributed by atoms with Crippen molar-refractivity contribution in [2.45, 2.75) is 44.8 Å². The van der Waals surface area contributed by atoms with Gasteiger partial charge in [-0.2, -0.15) is 0 Å². The Morgan fingerprint density at radius 2 is 1.75 bits per heavy atom. The zero-order chi connectivity index (χ0) is 19.3. The lowest BCUT2D eigenvalue weighted by molar-refractivity contribution is 0.122. The molecule has 0 amide bonds. The molecular weight excluding hydrogens is 348 g/mol. The number of pyridine rings is 2. The van der Waals surface area contributed by atoms with Gasteiger partial charge in [0.1, 0.15) is 0 Å². The van der Waals surface area contributed by atoms with Gasteiger partial charge in [0, 0.05) is 35.9 Å². The van der Waals surface area contributed by atoms with E-state index in [1.165, 1.54) is 22.3 Å². The summed E-state index contributed by atoms with van der Waals surface area (Å²) in [6, 6.07) is 11.2. The number of aromatic nitrogens is 2. The third kappa shape index (κ3) is 2.90. The predicted octanol–water partition coefficient (Wildman–Crippen LogP) is 4.12. The average molecular weight is 374 g/mol. The number of hydrogen-bond acceptors (Lipinski definition) is 5. The topological polar surface area (TPSA) is 52.5 Å². The van der Waals surface area contributed by atoms with E-state index in [1.54, 1.807) is 0 Å². The minimum absolute atomic E-state index is 0.133. The first-order valence-corrected chi connectivity index (χ1v) is 10.1. The van der Waals surface area contributed by atoms with Gasteiger partial charge in [-0.05, 0) is 56.4 Å². The van der Waals surface area contributed by atoms with Gasteiger partial charge in [0.15, 0.2) is 0 Å². The van der Waals surface area contributed by atoms with Crippen LogP contribution in [0.2, 0.25) is 0 Å². The van der Waals surface area contributed by atoms with Gasteiger partial charge in [-0.15, -0.1) is 0 Å². The van der Waals surface area contributed by atoms with E-state index >= 15 is 0 Å². The molecule has 0 atom stereocenters. The molecule has 2 aliphatic rings. The highest BCUT2D eigenvalue weighted by Gasteiger charge is 2.33. The van der Waals surface area contributed by atoms with Crippen molar-refractivity contribution in [1.82, 2.24) is 9.97 Å². The minimum Gasteiger partial charge on any atom is -0.393 e. The second kappa shape index (κ2) is 6.74. The molecule has 3 aromatic rings. The summed E-state index contributed by atoms with van der Waals surface area (Å²) < 4.78 is 0. The van der Waals surface area contributed by atoms with Crippen LogP contribution in [-0.4, -0.2) is 40.9 Å². The summed E-state index contributed by atoms with van der Waals surface area (Å²) >= 11 is 0. The van der Waals surface area contributed by atoms with Gasteiger partial charge in [0.2, 0.25) is 0 Å². The van der Waals surface area contributed by atoms with E-state index in [9.17, 15) is 5.11 Å². The number of hydrogen-bond donors (Lipinski definition) is 1. The lowest BCUT2D eigenvalue weighted by Crippen LogP contribution is -2.40. The van der Waals surface area contributed by atoms with Crippen LogP contribution in [-0.2, 0) is 0 Å². The number of rotatable bonds is 2. The number of fused-ring (bicyclic) bond motifs is 3. The predicted molar refractivity (Wildman–Crippen MR) is 114 cm³/mol. The minimum atomic E-state index is -0.133. The van der Waals surface area contributed by atoms with E-state index in [0.29, 0.717) is 6.04 Å². The molecule has 0 bridgehead atoms. The quantitative estimate of drug-likeness (QED) is 0.731. The first-order chi connectivity index (χ1) is 13.6. The van der Waals surface area contributed by atoms with E-state index in [4.69, 9.17) is 4.98 Å². The zero-order valence-electron chi connectivity index (χ0n) is 16.5. The molecule has 1 fully saturated rings. The van der Waals surface area contributed by atoms with Crippen LogP contribution in [0, 0.1) is 6.92 Å². The molecule has 1 N–H and O–H groups in total. The molecule has 0 spiro atoms. The summed E-state index contributed by atoms with van der Waals surface area (Å²) in [5.41, 5.74) is 6.83. The van der Waals surface area contributed by atoms with E-state index in [0.717, 1.165) is 49.1 Å². The van der Waals surface area contributed by atoms with E-state index in [2.05, 4.69) is 52.2 Å². The molecule has 28 heavy (non-hydrogen) atoms. The summed E-state index contributed by atoms with van der Waals surface area (Å²) in [5, 5.41) is 11.1. The second-order valence-corrected chi connectivity index (χ2v) is 8.18. The maximum absolute atomic E-state index is 9.93. The lowest BCUT2D eigenvalue weighted by atomic mass is 9.91. The highest BCUT2D eigenvalue weighted by molar-refractivity contribution is 6.02. The van der Waals surface area contributed by atoms with Crippen molar-refractivity contribution < 1.29 is 5.11 Å². The Balaban J connectivity index is 1.61. The molecule has 3 heterocycles. The van der Waals surface area contributed by atoms with Crippen LogP contribution in [0.1, 0.15) is 31.4 Å². The second-order valence-electron chi connectivity index (χ2n) is 8.18. The molecule has 5 heteroatoms. The normalized spacial score (nSPS) is 22.0. The standard InChI is InChI=1S/C23H26N4O/c1-15-3-4-17(12-24-15)16-5-10-21-20(11-16)23-22(13-25-21)26(2)14-27(23)18-6-8-19(28)9-7-18/h3-5,10-13,18-19,28H,6-9,14H2,1-2H3/t18-,19-. The van der Waals surface area contributed by atoms with Gasteiger partial charge in [-0.3, -0.25) is 9.97 Å². The molecule has 1 aromatic carbocycles. The van der Waals surface area contributed by atoms with Crippen molar-refractivity contribution in [2.75, 3.05) is 23.5 Å². The van der Waals surface area contributed by atoms with Crippen molar-refractivity contribution in [2.24, 2.45) is 0 Å². The molecule has 2 aromatic heterocycles. The number of nitrogens with zero attached hydrogens (tertiary/aromatic N) is 4. The fraction of sp³-hybridized carbons (Fsp3) is 0.391. The highest BCUT2D eigenvalue weighted by atomic mass is 16.3. The van der Waals surface area contributed by atoms with Crippen molar-refractivity contribution in [1.29, 1.82) is 0 Å². The highest BCUT2D eigenvalue weighted by Crippen LogP contribution is 2.44. The Labute approximate surface area is 165 Å². The molecule has 144 valence electrons. The Bertz CT molecular complexity index is 1010. The van der Waals surface area contributed by atoms with Crippen LogP contribution in [0.4, 0.5) is 11.4 Å². The molecular formula is C23H26N4O. The van der Waals surface area contributed by atoms with E-state index in [1.807, 2.05) is 19.3 Å². The van der Waals surface area contributed by atoms with E-state index in [-0.39, 0.29) is 6.10 Å². The fourth-order valence-electron chi connectivity index (χ4n) is 4.61. The van der Waals surface area contributed by atoms with Crippen LogP contribution in [0.25, 0.3) is 22.0 Å². The van der Waals surface area contributed by atoms with Crippen LogP contribution in [0.3, 0.4) is 0 Å². The number of benzene rings is 1. The molecule has 5 rings (SSSR count). The number of aliphatic hydroxyl groups excluding tert-OH is 1. The first kappa shape index (κ1) is 17.4. The third-order valence-corrected chi connectivity index (χ3v) is 6.23. The molecule has 1 saturated carbocycles. The zero-order valence-corrected chi connectivity index (χ0v) is 16.5. The van der Waals surface area contributed by atoms with Gasteiger partial charge in [0.25, 0.3) is 0 Å². The molecule has 1 aliphatic carbocycles. The van der Waals surface area contributed by atoms with Gasteiger partial charge < -0.3 is 14.9 Å². The van der Waals surface area contributed by atoms with Crippen molar-refractivity contribution in [3.8, 4) is 11.1 Å². The van der Waals surface area contributed by atoms with Crippen molar-refractivity contribution in [3.05, 3.63) is 48.4 Å². The Morgan fingerprint density at radius 3 is 2.50 bits per heavy atom. The molecule has 0 saturated heterocycles. The summed E-state index contributed by atoms with van der Waals surface area (Å²) in [6.07, 6.45) is 7.68. The smallest absolute Gasteiger partial charge is 0.0904 e. The Morgan fingerprint density at radius 1 is 0.964 bits per heavy atom. The van der Waals surface area contributed by atoms with Crippen LogP contribution >= 0.6 is 0 Å². The summed E-state index contributed by atoms with van der Waals surface area (Å²) in [5.74, 6) is 0. The molecule has 5 nitrogen and oxygen atoms in total. The first-order valence-electron chi connectivity index (χ1n) is 10.1. The largest absolute Gasteiger partial charge is 0.393 e. The van der Waals surface area contributed by atoms with Gasteiger partial charge in [-0.25, -0.2) is 0 Å². The summed E-state index contributed by atoms with van der Waals surface area (Å²) in [4.78, 5) is 14.0. The lowest BCUT2D eigenvalue weighted by Gasteiger charge is -2.35. The SMILES string of the molecule is Cc1ccc(-c2ccc3ncc4c(c3c2)N([C@H]2CC[C@H](O)CC2)CN4C)cn1. The van der Waals surface area contributed by atoms with Crippen molar-refractivity contribution in [3.63, 3.8) is 0 Å².